The molecule has 0 bridgehead atoms. The van der Waals surface area contributed by atoms with E-state index >= 15 is 0 Å². The zero-order valence-electron chi connectivity index (χ0n) is 11.5. The minimum Gasteiger partial charge on any atom is -0.409 e. The third kappa shape index (κ3) is 13.2. The summed E-state index contributed by atoms with van der Waals surface area (Å²) in [4.78, 5) is 0. The Balaban J connectivity index is 2.99. The van der Waals surface area contributed by atoms with Gasteiger partial charge in [0.1, 0.15) is 5.84 Å². The summed E-state index contributed by atoms with van der Waals surface area (Å²) >= 11 is 0. The van der Waals surface area contributed by atoms with Gasteiger partial charge in [0.05, 0.1) is 0 Å². The van der Waals surface area contributed by atoms with E-state index in [9.17, 15) is 0 Å². The van der Waals surface area contributed by atoms with Crippen LogP contribution in [0.1, 0.15) is 84.0 Å². The quantitative estimate of drug-likeness (QED) is 0.175. The van der Waals surface area contributed by atoms with E-state index < -0.39 is 0 Å². The third-order valence-corrected chi connectivity index (χ3v) is 3.16. The first-order valence-corrected chi connectivity index (χ1v) is 7.27. The van der Waals surface area contributed by atoms with Gasteiger partial charge in [-0.1, -0.05) is 76.3 Å². The summed E-state index contributed by atoms with van der Waals surface area (Å²) in [6.07, 6.45) is 15.3. The normalized spacial score (nSPS) is 11.9. The highest BCUT2D eigenvalue weighted by Gasteiger charge is 1.95. The summed E-state index contributed by atoms with van der Waals surface area (Å²) in [6, 6.07) is 0. The lowest BCUT2D eigenvalue weighted by Crippen LogP contribution is -2.10. The van der Waals surface area contributed by atoms with Gasteiger partial charge in [-0.2, -0.15) is 0 Å². The van der Waals surface area contributed by atoms with Crippen molar-refractivity contribution in [3.8, 4) is 0 Å². The van der Waals surface area contributed by atoms with Crippen LogP contribution in [0.3, 0.4) is 0 Å². The van der Waals surface area contributed by atoms with Crippen molar-refractivity contribution in [3.05, 3.63) is 0 Å². The first-order chi connectivity index (χ1) is 8.31. The zero-order valence-corrected chi connectivity index (χ0v) is 11.5. The highest BCUT2D eigenvalue weighted by molar-refractivity contribution is 5.79. The van der Waals surface area contributed by atoms with Crippen molar-refractivity contribution in [2.75, 3.05) is 0 Å². The molecule has 0 atom stereocenters. The average Bonchev–Trinajstić information content (AvgIpc) is 2.35. The second-order valence-corrected chi connectivity index (χ2v) is 4.88. The van der Waals surface area contributed by atoms with Gasteiger partial charge in [-0.05, 0) is 6.42 Å². The smallest absolute Gasteiger partial charge is 0.139 e. The van der Waals surface area contributed by atoms with Crippen LogP contribution in [0.5, 0.6) is 0 Å². The fourth-order valence-corrected chi connectivity index (χ4v) is 2.02. The largest absolute Gasteiger partial charge is 0.409 e. The maximum Gasteiger partial charge on any atom is 0.139 e. The standard InChI is InChI=1S/C14H30N2O/c1-2-3-4-5-6-7-8-9-10-11-12-13-14(15)16-17/h17H,2-13H2,1H3,(H2,15,16). The number of nitrogens with two attached hydrogens (primary N) is 1. The van der Waals surface area contributed by atoms with Crippen LogP contribution >= 0.6 is 0 Å². The highest BCUT2D eigenvalue weighted by atomic mass is 16.4. The Kier molecular flexibility index (Phi) is 12.8. The molecule has 102 valence electrons. The molecule has 0 amide bonds. The molecule has 0 fully saturated rings. The van der Waals surface area contributed by atoms with Crippen LogP contribution in [0.2, 0.25) is 0 Å². The molecule has 0 aromatic rings. The van der Waals surface area contributed by atoms with Crippen molar-refractivity contribution in [2.24, 2.45) is 10.9 Å². The Bertz CT molecular complexity index is 181. The van der Waals surface area contributed by atoms with Gasteiger partial charge in [0.15, 0.2) is 0 Å². The molecule has 0 aliphatic heterocycles. The fraction of sp³-hybridized carbons (Fsp3) is 0.929. The Labute approximate surface area is 106 Å². The van der Waals surface area contributed by atoms with E-state index in [1.54, 1.807) is 0 Å². The number of hydrogen-bond donors (Lipinski definition) is 2. The fourth-order valence-electron chi connectivity index (χ4n) is 2.02. The first kappa shape index (κ1) is 16.3. The molecule has 0 aliphatic rings. The second kappa shape index (κ2) is 13.3. The topological polar surface area (TPSA) is 58.6 Å². The summed E-state index contributed by atoms with van der Waals surface area (Å²) in [6.45, 7) is 2.26. The van der Waals surface area contributed by atoms with Crippen LogP contribution in [0.25, 0.3) is 0 Å². The van der Waals surface area contributed by atoms with E-state index in [2.05, 4.69) is 12.1 Å². The molecule has 0 saturated carbocycles. The van der Waals surface area contributed by atoms with Gasteiger partial charge in [-0.3, -0.25) is 0 Å². The molecular weight excluding hydrogens is 212 g/mol. The Morgan fingerprint density at radius 3 is 1.65 bits per heavy atom. The number of oxime groups is 1. The Hall–Kier alpha value is -0.730. The SMILES string of the molecule is CCCCCCCCCCCCCC(N)=NO. The lowest BCUT2D eigenvalue weighted by atomic mass is 10.1. The Morgan fingerprint density at radius 2 is 1.24 bits per heavy atom. The number of rotatable bonds is 12. The summed E-state index contributed by atoms with van der Waals surface area (Å²) in [5, 5.41) is 11.3. The second-order valence-electron chi connectivity index (χ2n) is 4.88. The molecule has 0 aromatic heterocycles. The van der Waals surface area contributed by atoms with E-state index in [0.29, 0.717) is 5.84 Å². The summed E-state index contributed by atoms with van der Waals surface area (Å²) in [5.74, 6) is 0.362. The van der Waals surface area contributed by atoms with Crippen LogP contribution in [0.4, 0.5) is 0 Å². The molecule has 0 heterocycles. The lowest BCUT2D eigenvalue weighted by molar-refractivity contribution is 0.316. The van der Waals surface area contributed by atoms with Gasteiger partial charge in [0.25, 0.3) is 0 Å². The van der Waals surface area contributed by atoms with E-state index in [-0.39, 0.29) is 0 Å². The van der Waals surface area contributed by atoms with E-state index in [1.807, 2.05) is 0 Å². The number of amidine groups is 1. The highest BCUT2D eigenvalue weighted by Crippen LogP contribution is 2.11. The monoisotopic (exact) mass is 242 g/mol. The van der Waals surface area contributed by atoms with Gasteiger partial charge in [-0.15, -0.1) is 0 Å². The predicted molar refractivity (Wildman–Crippen MR) is 74.5 cm³/mol. The third-order valence-electron chi connectivity index (χ3n) is 3.16. The van der Waals surface area contributed by atoms with Crippen molar-refractivity contribution in [3.63, 3.8) is 0 Å². The van der Waals surface area contributed by atoms with Crippen molar-refractivity contribution < 1.29 is 5.21 Å². The molecule has 0 spiro atoms. The molecule has 0 saturated heterocycles. The van der Waals surface area contributed by atoms with Gasteiger partial charge < -0.3 is 10.9 Å². The van der Waals surface area contributed by atoms with E-state index in [0.717, 1.165) is 12.8 Å². The van der Waals surface area contributed by atoms with E-state index in [1.165, 1.54) is 64.2 Å². The molecule has 0 aliphatic carbocycles. The van der Waals surface area contributed by atoms with Crippen LogP contribution < -0.4 is 5.73 Å². The summed E-state index contributed by atoms with van der Waals surface area (Å²) in [7, 11) is 0. The minimum atomic E-state index is 0.362. The molecule has 3 N–H and O–H groups in total. The van der Waals surface area contributed by atoms with E-state index in [4.69, 9.17) is 10.9 Å². The van der Waals surface area contributed by atoms with Gasteiger partial charge in [-0.25, -0.2) is 0 Å². The summed E-state index contributed by atoms with van der Waals surface area (Å²) < 4.78 is 0. The maximum absolute atomic E-state index is 8.36. The number of hydrogen-bond acceptors (Lipinski definition) is 2. The molecule has 0 unspecified atom stereocenters. The molecule has 3 nitrogen and oxygen atoms in total. The molecule has 0 rings (SSSR count). The minimum absolute atomic E-state index is 0.362. The van der Waals surface area contributed by atoms with Crippen LogP contribution in [-0.4, -0.2) is 11.0 Å². The first-order valence-electron chi connectivity index (χ1n) is 7.27. The lowest BCUT2D eigenvalue weighted by Gasteiger charge is -2.02. The molecule has 17 heavy (non-hydrogen) atoms. The molecule has 0 radical (unpaired) electrons. The number of unbranched alkanes of at least 4 members (excludes halogenated alkanes) is 10. The van der Waals surface area contributed by atoms with Gasteiger partial charge in [0.2, 0.25) is 0 Å². The maximum atomic E-state index is 8.36. The van der Waals surface area contributed by atoms with Crippen LogP contribution in [-0.2, 0) is 0 Å². The molecular formula is C14H30N2O. The van der Waals surface area contributed by atoms with Crippen molar-refractivity contribution >= 4 is 5.84 Å². The van der Waals surface area contributed by atoms with Crippen LogP contribution in [0, 0.1) is 0 Å². The molecule has 0 aromatic carbocycles. The van der Waals surface area contributed by atoms with Crippen molar-refractivity contribution in [1.82, 2.24) is 0 Å². The zero-order chi connectivity index (χ0) is 12.8. The predicted octanol–water partition coefficient (Wildman–Crippen LogP) is 4.43. The average molecular weight is 242 g/mol. The van der Waals surface area contributed by atoms with Gasteiger partial charge in [0, 0.05) is 6.42 Å². The summed E-state index contributed by atoms with van der Waals surface area (Å²) in [5.41, 5.74) is 5.39. The van der Waals surface area contributed by atoms with Crippen molar-refractivity contribution in [2.45, 2.75) is 84.0 Å². The number of nitrogens with zero attached hydrogens (tertiary/aromatic N) is 1. The molecule has 3 heteroatoms. The van der Waals surface area contributed by atoms with Gasteiger partial charge >= 0.3 is 0 Å². The van der Waals surface area contributed by atoms with Crippen molar-refractivity contribution in [1.29, 1.82) is 0 Å². The van der Waals surface area contributed by atoms with Crippen LogP contribution in [0.15, 0.2) is 5.16 Å². The Morgan fingerprint density at radius 1 is 0.824 bits per heavy atom.